The van der Waals surface area contributed by atoms with Crippen LogP contribution in [-0.2, 0) is 18.4 Å². The minimum absolute atomic E-state index is 0.131. The van der Waals surface area contributed by atoms with E-state index in [9.17, 15) is 19.6 Å². The number of carbonyl (C=O) groups excluding carboxylic acids is 1. The number of allylic oxidation sites excluding steroid dienone is 5. The van der Waals surface area contributed by atoms with Crippen LogP contribution in [0.4, 0.5) is 0 Å². The molecule has 0 aromatic carbocycles. The molecule has 6 nitrogen and oxygen atoms in total. The largest absolute Gasteiger partial charge is 0.393 e. The van der Waals surface area contributed by atoms with Gasteiger partial charge in [0.1, 0.15) is 5.66 Å². The first-order chi connectivity index (χ1) is 19.1. The summed E-state index contributed by atoms with van der Waals surface area (Å²) in [5.41, 5.74) is 2.40. The summed E-state index contributed by atoms with van der Waals surface area (Å²) >= 11 is 0. The van der Waals surface area contributed by atoms with E-state index in [0.717, 1.165) is 43.3 Å². The number of hydrogen-bond donors (Lipinski definition) is 2. The van der Waals surface area contributed by atoms with Gasteiger partial charge in [-0.2, -0.15) is 0 Å². The van der Waals surface area contributed by atoms with Crippen molar-refractivity contribution in [2.75, 3.05) is 0 Å². The number of aliphatic hydroxyl groups is 2. The van der Waals surface area contributed by atoms with Crippen LogP contribution in [0.25, 0.3) is 0 Å². The molecule has 0 aromatic heterocycles. The van der Waals surface area contributed by atoms with Crippen LogP contribution in [0.15, 0.2) is 47.6 Å². The zero-order valence-electron chi connectivity index (χ0n) is 26.6. The summed E-state index contributed by atoms with van der Waals surface area (Å²) < 4.78 is 25.5. The Bertz CT molecular complexity index is 1070. The van der Waals surface area contributed by atoms with Gasteiger partial charge in [0.05, 0.1) is 24.4 Å². The smallest absolute Gasteiger partial charge is 0.342 e. The van der Waals surface area contributed by atoms with E-state index in [-0.39, 0.29) is 35.2 Å². The van der Waals surface area contributed by atoms with Gasteiger partial charge in [0.2, 0.25) is 0 Å². The number of rotatable bonds is 11. The van der Waals surface area contributed by atoms with Gasteiger partial charge in [0, 0.05) is 6.42 Å². The van der Waals surface area contributed by atoms with Crippen LogP contribution in [0, 0.1) is 29.1 Å². The third-order valence-corrected chi connectivity index (χ3v) is 12.4. The number of fused-ring (bicyclic) bond motifs is 1. The molecular weight excluding hydrogens is 535 g/mol. The fraction of sp³-hybridized carbons (Fsp3) is 0.735. The van der Waals surface area contributed by atoms with Crippen molar-refractivity contribution in [3.8, 4) is 0 Å². The van der Waals surface area contributed by atoms with E-state index >= 15 is 0 Å². The van der Waals surface area contributed by atoms with E-state index in [1.54, 1.807) is 6.08 Å². The molecule has 0 amide bonds. The monoisotopic (exact) mass is 590 g/mol. The minimum atomic E-state index is -3.67. The summed E-state index contributed by atoms with van der Waals surface area (Å²) in [6.45, 7) is 19.7. The second-order valence-electron chi connectivity index (χ2n) is 13.8. The first-order valence-electron chi connectivity index (χ1n) is 15.7. The van der Waals surface area contributed by atoms with Crippen LogP contribution < -0.4 is 0 Å². The quantitative estimate of drug-likeness (QED) is 0.187. The molecule has 0 heterocycles. The van der Waals surface area contributed by atoms with Gasteiger partial charge >= 0.3 is 7.60 Å². The lowest BCUT2D eigenvalue weighted by Gasteiger charge is -2.44. The molecule has 0 aliphatic heterocycles. The van der Waals surface area contributed by atoms with Crippen molar-refractivity contribution >= 4 is 13.4 Å². The normalized spacial score (nSPS) is 33.0. The Labute approximate surface area is 248 Å². The predicted octanol–water partition coefficient (Wildman–Crippen LogP) is 7.96. The Hall–Kier alpha value is -1.30. The molecular formula is C34H55O6P. The van der Waals surface area contributed by atoms with E-state index in [2.05, 4.69) is 32.6 Å². The van der Waals surface area contributed by atoms with Crippen molar-refractivity contribution < 1.29 is 28.6 Å². The average molecular weight is 591 g/mol. The molecule has 2 N–H and O–H groups in total. The summed E-state index contributed by atoms with van der Waals surface area (Å²) in [6, 6.07) is 0. The zero-order chi connectivity index (χ0) is 30.7. The van der Waals surface area contributed by atoms with Gasteiger partial charge in [-0.1, -0.05) is 58.1 Å². The van der Waals surface area contributed by atoms with Crippen molar-refractivity contribution in [2.45, 2.75) is 130 Å². The van der Waals surface area contributed by atoms with E-state index in [1.165, 1.54) is 5.57 Å². The van der Waals surface area contributed by atoms with Crippen LogP contribution in [0.1, 0.15) is 100 Å². The Morgan fingerprint density at radius 2 is 1.68 bits per heavy atom. The minimum Gasteiger partial charge on any atom is -0.393 e. The van der Waals surface area contributed by atoms with Gasteiger partial charge in [-0.25, -0.2) is 0 Å². The second-order valence-corrected chi connectivity index (χ2v) is 15.9. The summed E-state index contributed by atoms with van der Waals surface area (Å²) in [6.07, 6.45) is 12.6. The van der Waals surface area contributed by atoms with Crippen LogP contribution in [0.3, 0.4) is 0 Å². The maximum absolute atomic E-state index is 13.9. The molecule has 232 valence electrons. The highest BCUT2D eigenvalue weighted by atomic mass is 31.2. The zero-order valence-corrected chi connectivity index (χ0v) is 27.5. The number of hydrogen-bond acceptors (Lipinski definition) is 6. The van der Waals surface area contributed by atoms with Crippen molar-refractivity contribution in [1.82, 2.24) is 0 Å². The highest BCUT2D eigenvalue weighted by Crippen LogP contribution is 2.60. The van der Waals surface area contributed by atoms with Gasteiger partial charge in [0.15, 0.2) is 5.78 Å². The molecule has 0 spiro atoms. The van der Waals surface area contributed by atoms with Crippen molar-refractivity contribution in [2.24, 2.45) is 29.1 Å². The lowest BCUT2D eigenvalue weighted by Crippen LogP contribution is -2.35. The van der Waals surface area contributed by atoms with Gasteiger partial charge in [0.25, 0.3) is 0 Å². The highest BCUT2D eigenvalue weighted by molar-refractivity contribution is 7.55. The SMILES string of the molecule is C=C1/C(=C/C=C2/CCC[C@]3(C)C(C(C)/C=C/C(=O)C(C(C)C)P(=O)(OC(C)C)OC(C)C)CC[C@@H]23)C[C@@H](O)C[C@@H]1O. The maximum atomic E-state index is 13.9. The first kappa shape index (κ1) is 34.2. The molecule has 0 aromatic rings. The van der Waals surface area contributed by atoms with E-state index in [4.69, 9.17) is 9.05 Å². The maximum Gasteiger partial charge on any atom is 0.342 e. The van der Waals surface area contributed by atoms with Crippen molar-refractivity contribution in [1.29, 1.82) is 0 Å². The molecule has 3 fully saturated rings. The first-order valence-corrected chi connectivity index (χ1v) is 17.3. The Kier molecular flexibility index (Phi) is 11.7. The fourth-order valence-corrected chi connectivity index (χ4v) is 10.3. The molecule has 3 unspecified atom stereocenters. The number of ketones is 1. The molecule has 0 bridgehead atoms. The van der Waals surface area contributed by atoms with Gasteiger partial charge in [-0.05, 0) is 113 Å². The van der Waals surface area contributed by atoms with E-state index in [1.807, 2.05) is 47.6 Å². The molecule has 3 aliphatic rings. The lowest BCUT2D eigenvalue weighted by molar-refractivity contribution is -0.115. The molecule has 41 heavy (non-hydrogen) atoms. The van der Waals surface area contributed by atoms with Gasteiger partial charge in [-0.3, -0.25) is 9.36 Å². The van der Waals surface area contributed by atoms with Crippen LogP contribution >= 0.6 is 7.60 Å². The molecule has 3 aliphatic carbocycles. The van der Waals surface area contributed by atoms with Gasteiger partial charge < -0.3 is 19.3 Å². The molecule has 0 saturated heterocycles. The molecule has 3 saturated carbocycles. The van der Waals surface area contributed by atoms with Crippen LogP contribution in [0.2, 0.25) is 0 Å². The Morgan fingerprint density at radius 3 is 2.27 bits per heavy atom. The average Bonchev–Trinajstić information content (AvgIpc) is 3.20. The van der Waals surface area contributed by atoms with E-state index in [0.29, 0.717) is 24.7 Å². The van der Waals surface area contributed by atoms with Crippen molar-refractivity contribution in [3.05, 3.63) is 47.6 Å². The van der Waals surface area contributed by atoms with Gasteiger partial charge in [-0.15, -0.1) is 0 Å². The lowest BCUT2D eigenvalue weighted by atomic mass is 9.61. The summed E-state index contributed by atoms with van der Waals surface area (Å²) in [4.78, 5) is 13.6. The summed E-state index contributed by atoms with van der Waals surface area (Å²) in [5, 5.41) is 20.4. The third-order valence-electron chi connectivity index (χ3n) is 9.48. The van der Waals surface area contributed by atoms with Crippen molar-refractivity contribution in [3.63, 3.8) is 0 Å². The third kappa shape index (κ3) is 8.00. The topological polar surface area (TPSA) is 93.1 Å². The molecule has 0 radical (unpaired) electrons. The molecule has 3 rings (SSSR count). The summed E-state index contributed by atoms with van der Waals surface area (Å²) in [7, 11) is -3.67. The number of carbonyl (C=O) groups is 1. The summed E-state index contributed by atoms with van der Waals surface area (Å²) in [5.74, 6) is 0.716. The standard InChI is InChI=1S/C34H55O6P/c1-21(2)33(41(38,39-22(3)4)40-23(5)6)31(36)17-12-24(7)29-15-16-30-26(11-10-18-34(29,30)9)13-14-27-19-28(35)20-32(37)25(27)8/h12-14,17,21-24,28-30,32-33,35,37H,8,10-11,15-16,18-20H2,1-7,9H3/b17-12+,26-13-,27-14+/t24?,28-,29?,30+,32+,33?,34-/m1/s1. The Morgan fingerprint density at radius 1 is 1.05 bits per heavy atom. The van der Waals surface area contributed by atoms with Crippen LogP contribution in [-0.4, -0.2) is 46.1 Å². The fourth-order valence-electron chi connectivity index (χ4n) is 7.68. The Balaban J connectivity index is 1.79. The predicted molar refractivity (Wildman–Crippen MR) is 167 cm³/mol. The van der Waals surface area contributed by atoms with Crippen LogP contribution in [0.5, 0.6) is 0 Å². The second kappa shape index (κ2) is 14.0. The molecule has 7 heteroatoms. The molecule has 7 atom stereocenters. The van der Waals surface area contributed by atoms with E-state index < -0.39 is 25.5 Å². The number of aliphatic hydroxyl groups excluding tert-OH is 2. The highest BCUT2D eigenvalue weighted by Gasteiger charge is 2.50.